The smallest absolute Gasteiger partial charge is 0.329 e. The molecule has 0 aliphatic rings. The molecule has 0 aromatic heterocycles. The van der Waals surface area contributed by atoms with Crippen molar-refractivity contribution < 1.29 is 19.1 Å². The summed E-state index contributed by atoms with van der Waals surface area (Å²) in [5.74, 6) is -1.00. The lowest BCUT2D eigenvalue weighted by molar-refractivity contribution is -0.139. The van der Waals surface area contributed by atoms with Crippen LogP contribution in [-0.2, 0) is 14.4 Å². The van der Waals surface area contributed by atoms with E-state index in [9.17, 15) is 14.4 Å². The molecule has 164 valence electrons. The second-order valence-corrected chi connectivity index (χ2v) is 7.36. The quantitative estimate of drug-likeness (QED) is 0.326. The minimum Gasteiger partial charge on any atom is -0.484 e. The first-order chi connectivity index (χ1) is 14.8. The summed E-state index contributed by atoms with van der Waals surface area (Å²) in [6.07, 6.45) is 1.41. The van der Waals surface area contributed by atoms with Crippen LogP contribution in [-0.4, -0.2) is 37.1 Å². The molecule has 2 aromatic rings. The van der Waals surface area contributed by atoms with E-state index in [4.69, 9.17) is 4.74 Å². The number of hydrogen-bond donors (Lipinski definition) is 3. The van der Waals surface area contributed by atoms with Crippen molar-refractivity contribution in [2.75, 3.05) is 13.2 Å². The lowest BCUT2D eigenvalue weighted by atomic mass is 10.1. The molecule has 0 heterocycles. The van der Waals surface area contributed by atoms with Crippen LogP contribution in [0, 0.1) is 5.92 Å². The maximum absolute atomic E-state index is 12.1. The van der Waals surface area contributed by atoms with E-state index < -0.39 is 11.8 Å². The molecular formula is C23H28N4O4. The molecule has 8 nitrogen and oxygen atoms in total. The van der Waals surface area contributed by atoms with Crippen molar-refractivity contribution in [1.82, 2.24) is 16.1 Å². The van der Waals surface area contributed by atoms with Gasteiger partial charge in [-0.2, -0.15) is 5.10 Å². The number of nitrogens with one attached hydrogen (secondary N) is 3. The maximum atomic E-state index is 12.1. The van der Waals surface area contributed by atoms with Gasteiger partial charge in [0.15, 0.2) is 6.61 Å². The third-order valence-corrected chi connectivity index (χ3v) is 4.18. The summed E-state index contributed by atoms with van der Waals surface area (Å²) in [6.45, 7) is 6.09. The highest BCUT2D eigenvalue weighted by atomic mass is 16.5. The van der Waals surface area contributed by atoms with Gasteiger partial charge in [-0.3, -0.25) is 14.4 Å². The van der Waals surface area contributed by atoms with Gasteiger partial charge in [0.05, 0.1) is 12.3 Å². The number of ether oxygens (including phenoxy) is 1. The normalized spacial score (nSPS) is 11.7. The Morgan fingerprint density at radius 3 is 2.29 bits per heavy atom. The summed E-state index contributed by atoms with van der Waals surface area (Å²) in [6, 6.07) is 16.4. The van der Waals surface area contributed by atoms with E-state index in [2.05, 4.69) is 21.2 Å². The number of amides is 3. The monoisotopic (exact) mass is 424 g/mol. The SMILES string of the molecule is CC(C)CNC(=O)C(=O)N/N=C\c1ccc(OCC(=O)N[C@@H](C)c2ccccc2)cc1. The van der Waals surface area contributed by atoms with Gasteiger partial charge in [0.1, 0.15) is 5.75 Å². The number of nitrogens with zero attached hydrogens (tertiary/aromatic N) is 1. The molecule has 0 saturated carbocycles. The van der Waals surface area contributed by atoms with Crippen molar-refractivity contribution in [2.45, 2.75) is 26.8 Å². The highest BCUT2D eigenvalue weighted by molar-refractivity contribution is 6.35. The largest absolute Gasteiger partial charge is 0.484 e. The second kappa shape index (κ2) is 12.1. The molecule has 0 bridgehead atoms. The lowest BCUT2D eigenvalue weighted by Crippen LogP contribution is -2.39. The first-order valence-electron chi connectivity index (χ1n) is 10.0. The molecule has 31 heavy (non-hydrogen) atoms. The Balaban J connectivity index is 1.75. The highest BCUT2D eigenvalue weighted by Crippen LogP contribution is 2.13. The minimum absolute atomic E-state index is 0.105. The molecule has 3 N–H and O–H groups in total. The fourth-order valence-electron chi connectivity index (χ4n) is 2.50. The Hall–Kier alpha value is -3.68. The van der Waals surface area contributed by atoms with Crippen molar-refractivity contribution in [2.24, 2.45) is 11.0 Å². The average molecular weight is 425 g/mol. The van der Waals surface area contributed by atoms with Crippen LogP contribution in [0.1, 0.15) is 37.9 Å². The van der Waals surface area contributed by atoms with Crippen LogP contribution in [0.2, 0.25) is 0 Å². The van der Waals surface area contributed by atoms with Crippen LogP contribution < -0.4 is 20.8 Å². The number of hydrogen-bond acceptors (Lipinski definition) is 5. The van der Waals surface area contributed by atoms with Crippen molar-refractivity contribution in [3.63, 3.8) is 0 Å². The van der Waals surface area contributed by atoms with Crippen molar-refractivity contribution in [3.05, 3.63) is 65.7 Å². The van der Waals surface area contributed by atoms with Crippen molar-refractivity contribution >= 4 is 23.9 Å². The summed E-state index contributed by atoms with van der Waals surface area (Å²) in [4.78, 5) is 35.3. The van der Waals surface area contributed by atoms with Crippen LogP contribution in [0.4, 0.5) is 0 Å². The van der Waals surface area contributed by atoms with Gasteiger partial charge in [-0.15, -0.1) is 0 Å². The zero-order valence-electron chi connectivity index (χ0n) is 17.9. The zero-order chi connectivity index (χ0) is 22.6. The van der Waals surface area contributed by atoms with E-state index in [1.165, 1.54) is 6.21 Å². The van der Waals surface area contributed by atoms with E-state index in [1.807, 2.05) is 51.1 Å². The molecule has 2 aromatic carbocycles. The molecule has 0 aliphatic carbocycles. The van der Waals surface area contributed by atoms with Gasteiger partial charge in [0.25, 0.3) is 5.91 Å². The van der Waals surface area contributed by atoms with Crippen LogP contribution in [0.15, 0.2) is 59.7 Å². The van der Waals surface area contributed by atoms with Gasteiger partial charge in [0.2, 0.25) is 0 Å². The van der Waals surface area contributed by atoms with E-state index in [0.29, 0.717) is 17.9 Å². The molecule has 3 amide bonds. The predicted molar refractivity (Wildman–Crippen MR) is 119 cm³/mol. The number of hydrazone groups is 1. The molecule has 0 radical (unpaired) electrons. The topological polar surface area (TPSA) is 109 Å². The third kappa shape index (κ3) is 8.69. The van der Waals surface area contributed by atoms with E-state index in [0.717, 1.165) is 5.56 Å². The first kappa shape index (κ1) is 23.6. The Labute approximate surface area is 182 Å². The number of carbonyl (C=O) groups excluding carboxylic acids is 3. The molecule has 0 aliphatic heterocycles. The summed E-state index contributed by atoms with van der Waals surface area (Å²) >= 11 is 0. The highest BCUT2D eigenvalue weighted by Gasteiger charge is 2.12. The minimum atomic E-state index is -0.826. The summed E-state index contributed by atoms with van der Waals surface area (Å²) in [5, 5.41) is 9.16. The number of carbonyl (C=O) groups is 3. The van der Waals surface area contributed by atoms with Crippen LogP contribution >= 0.6 is 0 Å². The predicted octanol–water partition coefficient (Wildman–Crippen LogP) is 2.17. The molecule has 8 heteroatoms. The summed E-state index contributed by atoms with van der Waals surface area (Å²) in [5.41, 5.74) is 3.88. The molecule has 0 spiro atoms. The third-order valence-electron chi connectivity index (χ3n) is 4.18. The lowest BCUT2D eigenvalue weighted by Gasteiger charge is -2.14. The van der Waals surface area contributed by atoms with Gasteiger partial charge in [-0.05, 0) is 48.2 Å². The van der Waals surface area contributed by atoms with Gasteiger partial charge in [0, 0.05) is 6.54 Å². The zero-order valence-corrected chi connectivity index (χ0v) is 17.9. The molecule has 1 atom stereocenters. The molecule has 0 unspecified atom stereocenters. The van der Waals surface area contributed by atoms with Gasteiger partial charge in [-0.1, -0.05) is 44.2 Å². The molecule has 0 fully saturated rings. The standard InChI is InChI=1S/C23H28N4O4/c1-16(2)13-24-22(29)23(30)27-25-14-18-9-11-20(12-10-18)31-15-21(28)26-17(3)19-7-5-4-6-8-19/h4-12,14,16-17H,13,15H2,1-3H3,(H,24,29)(H,26,28)(H,27,30)/b25-14-/t17-/m0/s1. The van der Waals surface area contributed by atoms with Gasteiger partial charge in [-0.25, -0.2) is 5.43 Å². The fraction of sp³-hybridized carbons (Fsp3) is 0.304. The van der Waals surface area contributed by atoms with Crippen LogP contribution in [0.3, 0.4) is 0 Å². The first-order valence-corrected chi connectivity index (χ1v) is 10.0. The number of rotatable bonds is 9. The average Bonchev–Trinajstić information content (AvgIpc) is 2.77. The van der Waals surface area contributed by atoms with Gasteiger partial charge >= 0.3 is 11.8 Å². The van der Waals surface area contributed by atoms with Gasteiger partial charge < -0.3 is 15.4 Å². The molecule has 0 saturated heterocycles. The maximum Gasteiger partial charge on any atom is 0.329 e. The van der Waals surface area contributed by atoms with E-state index >= 15 is 0 Å². The van der Waals surface area contributed by atoms with Crippen LogP contribution in [0.25, 0.3) is 0 Å². The molecular weight excluding hydrogens is 396 g/mol. The van der Waals surface area contributed by atoms with Crippen molar-refractivity contribution in [1.29, 1.82) is 0 Å². The number of benzene rings is 2. The Kier molecular flexibility index (Phi) is 9.22. The Morgan fingerprint density at radius 2 is 1.65 bits per heavy atom. The van der Waals surface area contributed by atoms with Crippen molar-refractivity contribution in [3.8, 4) is 5.75 Å². The Morgan fingerprint density at radius 1 is 0.968 bits per heavy atom. The van der Waals surface area contributed by atoms with E-state index in [1.54, 1.807) is 24.3 Å². The summed E-state index contributed by atoms with van der Waals surface area (Å²) in [7, 11) is 0. The molecule has 2 rings (SSSR count). The fourth-order valence-corrected chi connectivity index (χ4v) is 2.50. The summed E-state index contributed by atoms with van der Waals surface area (Å²) < 4.78 is 5.50. The second-order valence-electron chi connectivity index (χ2n) is 7.36. The van der Waals surface area contributed by atoms with Crippen LogP contribution in [0.5, 0.6) is 5.75 Å². The van der Waals surface area contributed by atoms with E-state index in [-0.39, 0.29) is 24.5 Å². The Bertz CT molecular complexity index is 896.